The maximum absolute atomic E-state index is 12.1. The highest BCUT2D eigenvalue weighted by Crippen LogP contribution is 2.27. The van der Waals surface area contributed by atoms with Gasteiger partial charge in [-0.25, -0.2) is 4.98 Å². The number of carbonyl (C=O) groups is 1. The molecule has 1 unspecified atom stereocenters. The van der Waals surface area contributed by atoms with E-state index < -0.39 is 0 Å². The van der Waals surface area contributed by atoms with Gasteiger partial charge in [0.05, 0.1) is 19.7 Å². The number of nitrogens with one attached hydrogen (secondary N) is 1. The van der Waals surface area contributed by atoms with E-state index in [1.807, 2.05) is 10.3 Å². The summed E-state index contributed by atoms with van der Waals surface area (Å²) in [7, 11) is 0. The van der Waals surface area contributed by atoms with E-state index >= 15 is 0 Å². The van der Waals surface area contributed by atoms with Crippen LogP contribution in [-0.4, -0.2) is 48.6 Å². The Bertz CT molecular complexity index is 420. The SMILES string of the molecule is O=C(CNCC1CC1)N1CCOC(c2nccs2)C1. The first-order chi connectivity index (χ1) is 9.33. The third kappa shape index (κ3) is 3.52. The molecule has 0 bridgehead atoms. The van der Waals surface area contributed by atoms with Gasteiger partial charge in [-0.05, 0) is 25.3 Å². The summed E-state index contributed by atoms with van der Waals surface area (Å²) in [5.41, 5.74) is 0. The van der Waals surface area contributed by atoms with Crippen molar-refractivity contribution in [1.29, 1.82) is 0 Å². The minimum atomic E-state index is -0.0545. The number of thiazole rings is 1. The average molecular weight is 281 g/mol. The van der Waals surface area contributed by atoms with E-state index in [4.69, 9.17) is 4.74 Å². The molecule has 19 heavy (non-hydrogen) atoms. The van der Waals surface area contributed by atoms with E-state index in [0.29, 0.717) is 26.2 Å². The summed E-state index contributed by atoms with van der Waals surface area (Å²) in [6.07, 6.45) is 4.35. The van der Waals surface area contributed by atoms with Gasteiger partial charge in [0.15, 0.2) is 0 Å². The number of hydrogen-bond donors (Lipinski definition) is 1. The summed E-state index contributed by atoms with van der Waals surface area (Å²) in [6, 6.07) is 0. The maximum Gasteiger partial charge on any atom is 0.236 e. The number of aromatic nitrogens is 1. The fourth-order valence-electron chi connectivity index (χ4n) is 2.24. The lowest BCUT2D eigenvalue weighted by molar-refractivity contribution is -0.138. The van der Waals surface area contributed by atoms with E-state index in [-0.39, 0.29) is 12.0 Å². The molecule has 1 aliphatic carbocycles. The molecule has 1 N–H and O–H groups in total. The molecule has 2 fully saturated rings. The standard InChI is InChI=1S/C13H19N3O2S/c17-12(8-14-7-10-1-2-10)16-4-5-18-11(9-16)13-15-3-6-19-13/h3,6,10-11,14H,1-2,4-5,7-9H2. The van der Waals surface area contributed by atoms with Crippen LogP contribution in [0.15, 0.2) is 11.6 Å². The molecule has 1 saturated carbocycles. The van der Waals surface area contributed by atoms with Crippen LogP contribution in [0, 0.1) is 5.92 Å². The molecule has 0 spiro atoms. The van der Waals surface area contributed by atoms with Crippen LogP contribution in [-0.2, 0) is 9.53 Å². The van der Waals surface area contributed by atoms with Crippen molar-refractivity contribution in [3.8, 4) is 0 Å². The number of nitrogens with zero attached hydrogens (tertiary/aromatic N) is 2. The normalized spacial score (nSPS) is 23.6. The number of amides is 1. The van der Waals surface area contributed by atoms with Crippen LogP contribution < -0.4 is 5.32 Å². The van der Waals surface area contributed by atoms with Crippen molar-refractivity contribution in [3.05, 3.63) is 16.6 Å². The second kappa shape index (κ2) is 5.98. The smallest absolute Gasteiger partial charge is 0.236 e. The van der Waals surface area contributed by atoms with Gasteiger partial charge in [-0.15, -0.1) is 11.3 Å². The second-order valence-corrected chi connectivity index (χ2v) is 6.07. The Morgan fingerprint density at radius 2 is 2.47 bits per heavy atom. The van der Waals surface area contributed by atoms with Crippen LogP contribution in [0.1, 0.15) is 24.0 Å². The Morgan fingerprint density at radius 1 is 1.58 bits per heavy atom. The molecule has 3 rings (SSSR count). The Morgan fingerprint density at radius 3 is 3.21 bits per heavy atom. The first-order valence-electron chi connectivity index (χ1n) is 6.82. The molecule has 104 valence electrons. The highest BCUT2D eigenvalue weighted by atomic mass is 32.1. The minimum absolute atomic E-state index is 0.0545. The molecule has 0 radical (unpaired) electrons. The van der Waals surface area contributed by atoms with Gasteiger partial charge in [0, 0.05) is 18.1 Å². The highest BCUT2D eigenvalue weighted by molar-refractivity contribution is 7.09. The number of rotatable bonds is 5. The highest BCUT2D eigenvalue weighted by Gasteiger charge is 2.27. The van der Waals surface area contributed by atoms with Gasteiger partial charge in [0.1, 0.15) is 11.1 Å². The van der Waals surface area contributed by atoms with E-state index in [9.17, 15) is 4.79 Å². The lowest BCUT2D eigenvalue weighted by Gasteiger charge is -2.32. The van der Waals surface area contributed by atoms with Crippen molar-refractivity contribution in [2.75, 3.05) is 32.8 Å². The summed E-state index contributed by atoms with van der Waals surface area (Å²) in [4.78, 5) is 18.3. The van der Waals surface area contributed by atoms with Crippen LogP contribution in [0.4, 0.5) is 0 Å². The average Bonchev–Trinajstić information content (AvgIpc) is 3.10. The van der Waals surface area contributed by atoms with Crippen LogP contribution in [0.25, 0.3) is 0 Å². The number of ether oxygens (including phenoxy) is 1. The predicted octanol–water partition coefficient (Wildman–Crippen LogP) is 1.04. The molecular formula is C13H19N3O2S. The minimum Gasteiger partial charge on any atom is -0.367 e. The van der Waals surface area contributed by atoms with Gasteiger partial charge in [0.2, 0.25) is 5.91 Å². The molecule has 1 saturated heterocycles. The molecular weight excluding hydrogens is 262 g/mol. The van der Waals surface area contributed by atoms with Crippen molar-refractivity contribution in [1.82, 2.24) is 15.2 Å². The molecule has 5 nitrogen and oxygen atoms in total. The van der Waals surface area contributed by atoms with Crippen molar-refractivity contribution in [2.24, 2.45) is 5.92 Å². The van der Waals surface area contributed by atoms with Crippen molar-refractivity contribution in [3.63, 3.8) is 0 Å². The summed E-state index contributed by atoms with van der Waals surface area (Å²) >= 11 is 1.58. The first kappa shape index (κ1) is 13.0. The maximum atomic E-state index is 12.1. The van der Waals surface area contributed by atoms with Gasteiger partial charge in [-0.2, -0.15) is 0 Å². The summed E-state index contributed by atoms with van der Waals surface area (Å²) in [5, 5.41) is 6.15. The molecule has 1 amide bonds. The zero-order valence-corrected chi connectivity index (χ0v) is 11.7. The Kier molecular flexibility index (Phi) is 4.10. The van der Waals surface area contributed by atoms with Gasteiger partial charge in [0.25, 0.3) is 0 Å². The molecule has 1 atom stereocenters. The van der Waals surface area contributed by atoms with Crippen LogP contribution >= 0.6 is 11.3 Å². The number of hydrogen-bond acceptors (Lipinski definition) is 5. The third-order valence-corrected chi connectivity index (χ3v) is 4.42. The second-order valence-electron chi connectivity index (χ2n) is 5.14. The van der Waals surface area contributed by atoms with Gasteiger partial charge < -0.3 is 15.0 Å². The van der Waals surface area contributed by atoms with Crippen molar-refractivity contribution < 1.29 is 9.53 Å². The predicted molar refractivity (Wildman–Crippen MR) is 73.0 cm³/mol. The molecule has 1 aromatic rings. The Labute approximate surface area is 117 Å². The van der Waals surface area contributed by atoms with E-state index in [2.05, 4.69) is 10.3 Å². The van der Waals surface area contributed by atoms with E-state index in [0.717, 1.165) is 17.5 Å². The molecule has 1 aromatic heterocycles. The lowest BCUT2D eigenvalue weighted by Crippen LogP contribution is -2.46. The molecule has 1 aliphatic heterocycles. The molecule has 6 heteroatoms. The van der Waals surface area contributed by atoms with Crippen LogP contribution in [0.2, 0.25) is 0 Å². The zero-order chi connectivity index (χ0) is 13.1. The topological polar surface area (TPSA) is 54.5 Å². The van der Waals surface area contributed by atoms with E-state index in [1.54, 1.807) is 17.5 Å². The molecule has 2 heterocycles. The monoisotopic (exact) mass is 281 g/mol. The largest absolute Gasteiger partial charge is 0.367 e. The third-order valence-electron chi connectivity index (χ3n) is 3.55. The van der Waals surface area contributed by atoms with Gasteiger partial charge in [-0.3, -0.25) is 4.79 Å². The Hall–Kier alpha value is -0.980. The van der Waals surface area contributed by atoms with Crippen molar-refractivity contribution >= 4 is 17.2 Å². The van der Waals surface area contributed by atoms with Gasteiger partial charge >= 0.3 is 0 Å². The summed E-state index contributed by atoms with van der Waals surface area (Å²) in [5.74, 6) is 0.978. The summed E-state index contributed by atoms with van der Waals surface area (Å²) < 4.78 is 5.69. The fourth-order valence-corrected chi connectivity index (χ4v) is 2.91. The molecule has 0 aromatic carbocycles. The fraction of sp³-hybridized carbons (Fsp3) is 0.692. The van der Waals surface area contributed by atoms with Crippen LogP contribution in [0.3, 0.4) is 0 Å². The summed E-state index contributed by atoms with van der Waals surface area (Å²) in [6.45, 7) is 3.33. The van der Waals surface area contributed by atoms with Gasteiger partial charge in [-0.1, -0.05) is 0 Å². The van der Waals surface area contributed by atoms with Crippen molar-refractivity contribution in [2.45, 2.75) is 18.9 Å². The van der Waals surface area contributed by atoms with E-state index in [1.165, 1.54) is 12.8 Å². The quantitative estimate of drug-likeness (QED) is 0.876. The molecule has 2 aliphatic rings. The Balaban J connectivity index is 1.48. The zero-order valence-electron chi connectivity index (χ0n) is 10.9. The number of morpholine rings is 1. The first-order valence-corrected chi connectivity index (χ1v) is 7.70. The lowest BCUT2D eigenvalue weighted by atomic mass is 10.2. The van der Waals surface area contributed by atoms with Crippen LogP contribution in [0.5, 0.6) is 0 Å². The number of carbonyl (C=O) groups excluding carboxylic acids is 1.